The third-order valence-corrected chi connectivity index (χ3v) is 3.99. The van der Waals surface area contributed by atoms with Crippen LogP contribution >= 0.6 is 0 Å². The summed E-state index contributed by atoms with van der Waals surface area (Å²) in [5, 5.41) is 0. The predicted molar refractivity (Wildman–Crippen MR) is 73.7 cm³/mol. The maximum absolute atomic E-state index is 11.8. The van der Waals surface area contributed by atoms with E-state index in [0.29, 0.717) is 17.4 Å². The Kier molecular flexibility index (Phi) is 3.01. The number of hydrogen-bond donors (Lipinski definition) is 2. The number of ether oxygens (including phenoxy) is 1. The molecule has 7 heteroatoms. The summed E-state index contributed by atoms with van der Waals surface area (Å²) in [6.45, 7) is 6.05. The zero-order valence-electron chi connectivity index (χ0n) is 11.8. The highest BCUT2D eigenvalue weighted by Gasteiger charge is 2.33. The van der Waals surface area contributed by atoms with Gasteiger partial charge >= 0.3 is 5.69 Å². The first-order valence-electron chi connectivity index (χ1n) is 6.87. The molecule has 1 aliphatic heterocycles. The van der Waals surface area contributed by atoms with Crippen LogP contribution in [-0.2, 0) is 4.74 Å². The third kappa shape index (κ3) is 1.89. The topological polar surface area (TPSA) is 92.8 Å². The van der Waals surface area contributed by atoms with Gasteiger partial charge in [0.05, 0.1) is 6.10 Å². The van der Waals surface area contributed by atoms with Gasteiger partial charge in [0.2, 0.25) is 0 Å². The molecule has 1 saturated heterocycles. The second kappa shape index (κ2) is 4.59. The van der Waals surface area contributed by atoms with Crippen molar-refractivity contribution in [3.05, 3.63) is 26.7 Å². The Morgan fingerprint density at radius 3 is 2.80 bits per heavy atom. The summed E-state index contributed by atoms with van der Waals surface area (Å²) in [5.41, 5.74) is -0.311. The minimum atomic E-state index is -0.526. The maximum Gasteiger partial charge on any atom is 0.327 e. The first-order valence-corrected chi connectivity index (χ1v) is 6.87. The van der Waals surface area contributed by atoms with Crippen LogP contribution in [0.25, 0.3) is 11.2 Å². The van der Waals surface area contributed by atoms with Crippen molar-refractivity contribution >= 4 is 11.2 Å². The number of aromatic amines is 2. The van der Waals surface area contributed by atoms with Crippen molar-refractivity contribution in [2.24, 2.45) is 5.92 Å². The molecule has 3 rings (SSSR count). The predicted octanol–water partition coefficient (Wildman–Crippen LogP) is 1.05. The molecule has 2 aromatic heterocycles. The fraction of sp³-hybridized carbons (Fsp3) is 0.615. The minimum absolute atomic E-state index is 0.183. The Balaban J connectivity index is 2.15. The zero-order chi connectivity index (χ0) is 14.4. The lowest BCUT2D eigenvalue weighted by Crippen LogP contribution is -2.23. The normalized spacial score (nSPS) is 26.4. The number of aromatic nitrogens is 4. The van der Waals surface area contributed by atoms with Crippen LogP contribution in [0.1, 0.15) is 38.7 Å². The van der Waals surface area contributed by atoms with Crippen LogP contribution in [0.4, 0.5) is 0 Å². The molecule has 0 bridgehead atoms. The Morgan fingerprint density at radius 2 is 2.15 bits per heavy atom. The number of nitrogens with one attached hydrogen (secondary N) is 2. The molecule has 3 atom stereocenters. The van der Waals surface area contributed by atoms with Gasteiger partial charge in [-0.05, 0) is 25.7 Å². The molecule has 1 aliphatic rings. The van der Waals surface area contributed by atoms with Crippen LogP contribution in [0.5, 0.6) is 0 Å². The Hall–Kier alpha value is -1.89. The lowest BCUT2D eigenvalue weighted by Gasteiger charge is -2.16. The van der Waals surface area contributed by atoms with E-state index in [0.717, 1.165) is 12.8 Å². The van der Waals surface area contributed by atoms with Gasteiger partial charge in [0, 0.05) is 0 Å². The number of rotatable bonds is 2. The molecule has 0 saturated carbocycles. The number of aryl methyl sites for hydroxylation is 1. The number of fused-ring (bicyclic) bond motifs is 1. The summed E-state index contributed by atoms with van der Waals surface area (Å²) in [7, 11) is 0. The molecule has 1 fully saturated rings. The largest absolute Gasteiger partial charge is 0.354 e. The molecule has 20 heavy (non-hydrogen) atoms. The van der Waals surface area contributed by atoms with Gasteiger partial charge in [-0.1, -0.05) is 13.8 Å². The lowest BCUT2D eigenvalue weighted by molar-refractivity contribution is -0.00404. The summed E-state index contributed by atoms with van der Waals surface area (Å²) < 4.78 is 7.84. The van der Waals surface area contributed by atoms with Crippen molar-refractivity contribution in [2.45, 2.75) is 45.9 Å². The highest BCUT2D eigenvalue weighted by Crippen LogP contribution is 2.36. The van der Waals surface area contributed by atoms with Crippen molar-refractivity contribution in [1.82, 2.24) is 19.5 Å². The van der Waals surface area contributed by atoms with E-state index >= 15 is 0 Å². The van der Waals surface area contributed by atoms with Gasteiger partial charge in [0.15, 0.2) is 5.52 Å². The average Bonchev–Trinajstić information content (AvgIpc) is 2.89. The summed E-state index contributed by atoms with van der Waals surface area (Å²) in [5.74, 6) is 1.11. The molecule has 0 radical (unpaired) electrons. The van der Waals surface area contributed by atoms with Gasteiger partial charge in [-0.15, -0.1) is 0 Å². The second-order valence-electron chi connectivity index (χ2n) is 5.38. The summed E-state index contributed by atoms with van der Waals surface area (Å²) in [6.07, 6.45) is 1.81. The van der Waals surface area contributed by atoms with Gasteiger partial charge < -0.3 is 4.74 Å². The van der Waals surface area contributed by atoms with E-state index < -0.39 is 11.2 Å². The van der Waals surface area contributed by atoms with E-state index in [-0.39, 0.29) is 17.8 Å². The number of imidazole rings is 1. The molecule has 3 heterocycles. The zero-order valence-corrected chi connectivity index (χ0v) is 11.8. The molecule has 0 amide bonds. The summed E-state index contributed by atoms with van der Waals surface area (Å²) >= 11 is 0. The van der Waals surface area contributed by atoms with Crippen molar-refractivity contribution < 1.29 is 4.74 Å². The van der Waals surface area contributed by atoms with Crippen LogP contribution < -0.4 is 11.2 Å². The van der Waals surface area contributed by atoms with E-state index in [1.54, 1.807) is 0 Å². The van der Waals surface area contributed by atoms with Gasteiger partial charge in [0.25, 0.3) is 5.56 Å². The van der Waals surface area contributed by atoms with Crippen LogP contribution in [0.3, 0.4) is 0 Å². The Bertz CT molecular complexity index is 757. The highest BCUT2D eigenvalue weighted by molar-refractivity contribution is 5.69. The summed E-state index contributed by atoms with van der Waals surface area (Å²) in [6, 6.07) is 0. The molecule has 2 unspecified atom stereocenters. The van der Waals surface area contributed by atoms with Crippen LogP contribution in [0.2, 0.25) is 0 Å². The van der Waals surface area contributed by atoms with E-state index in [1.165, 1.54) is 0 Å². The van der Waals surface area contributed by atoms with Crippen LogP contribution in [0, 0.1) is 12.8 Å². The van der Waals surface area contributed by atoms with E-state index in [4.69, 9.17) is 4.74 Å². The minimum Gasteiger partial charge on any atom is -0.354 e. The molecular weight excluding hydrogens is 260 g/mol. The van der Waals surface area contributed by atoms with E-state index in [9.17, 15) is 9.59 Å². The third-order valence-electron chi connectivity index (χ3n) is 3.99. The number of nitrogens with zero attached hydrogens (tertiary/aromatic N) is 2. The molecule has 108 valence electrons. The molecule has 0 aliphatic carbocycles. The highest BCUT2D eigenvalue weighted by atomic mass is 16.5. The first-order chi connectivity index (χ1) is 9.51. The molecule has 7 nitrogen and oxygen atoms in total. The SMILES string of the molecule is CCC1OC(n2c(C)nc3c(=O)[nH]c(=O)[nH]c32)C[C@H]1C. The van der Waals surface area contributed by atoms with Gasteiger partial charge in [-0.25, -0.2) is 9.78 Å². The Labute approximate surface area is 115 Å². The summed E-state index contributed by atoms with van der Waals surface area (Å²) in [4.78, 5) is 32.3. The monoisotopic (exact) mass is 278 g/mol. The van der Waals surface area contributed by atoms with Crippen molar-refractivity contribution in [1.29, 1.82) is 0 Å². The van der Waals surface area contributed by atoms with Gasteiger partial charge in [-0.3, -0.25) is 19.3 Å². The number of H-pyrrole nitrogens is 2. The van der Waals surface area contributed by atoms with Crippen molar-refractivity contribution in [3.8, 4) is 0 Å². The van der Waals surface area contributed by atoms with E-state index in [1.807, 2.05) is 11.5 Å². The van der Waals surface area contributed by atoms with Crippen LogP contribution in [-0.4, -0.2) is 25.6 Å². The average molecular weight is 278 g/mol. The van der Waals surface area contributed by atoms with Crippen molar-refractivity contribution in [3.63, 3.8) is 0 Å². The fourth-order valence-electron chi connectivity index (χ4n) is 3.00. The molecule has 2 aromatic rings. The molecule has 0 aromatic carbocycles. The molecule has 2 N–H and O–H groups in total. The fourth-order valence-corrected chi connectivity index (χ4v) is 3.00. The first kappa shape index (κ1) is 13.1. The van der Waals surface area contributed by atoms with Gasteiger partial charge in [0.1, 0.15) is 17.7 Å². The Morgan fingerprint density at radius 1 is 1.40 bits per heavy atom. The van der Waals surface area contributed by atoms with E-state index in [2.05, 4.69) is 28.8 Å². The van der Waals surface area contributed by atoms with Gasteiger partial charge in [-0.2, -0.15) is 0 Å². The lowest BCUT2D eigenvalue weighted by atomic mass is 10.0. The second-order valence-corrected chi connectivity index (χ2v) is 5.38. The standard InChI is InChI=1S/C13H18N4O3/c1-4-8-6(2)5-9(20-8)17-7(3)14-10-11(17)15-13(19)16-12(10)18/h6,8-9H,4-5H2,1-3H3,(H2,15,16,18,19)/t6-,8?,9?/m1/s1. The van der Waals surface area contributed by atoms with Crippen molar-refractivity contribution in [2.75, 3.05) is 0 Å². The quantitative estimate of drug-likeness (QED) is 0.859. The maximum atomic E-state index is 11.8. The molecular formula is C13H18N4O3. The number of hydrogen-bond acceptors (Lipinski definition) is 4. The smallest absolute Gasteiger partial charge is 0.327 e. The molecule has 0 spiro atoms. The van der Waals surface area contributed by atoms with Crippen LogP contribution in [0.15, 0.2) is 9.59 Å².